The van der Waals surface area contributed by atoms with E-state index in [9.17, 15) is 8.78 Å². The Labute approximate surface area is 208 Å². The van der Waals surface area contributed by atoms with Crippen LogP contribution in [0.1, 0.15) is 27.2 Å². The third-order valence-corrected chi connectivity index (χ3v) is 6.17. The number of halogens is 3. The Morgan fingerprint density at radius 3 is 2.50 bits per heavy atom. The quantitative estimate of drug-likeness (QED) is 0.289. The molecule has 2 fully saturated rings. The highest BCUT2D eigenvalue weighted by Crippen LogP contribution is 2.24. The second kappa shape index (κ2) is 13.5. The molecule has 0 aromatic heterocycles. The second-order valence-electron chi connectivity index (χ2n) is 8.73. The molecule has 0 aliphatic carbocycles. The van der Waals surface area contributed by atoms with Gasteiger partial charge in [0.1, 0.15) is 11.6 Å². The van der Waals surface area contributed by atoms with Crippen molar-refractivity contribution in [3.63, 3.8) is 0 Å². The summed E-state index contributed by atoms with van der Waals surface area (Å²) >= 11 is 0. The van der Waals surface area contributed by atoms with Gasteiger partial charge in [0.2, 0.25) is 0 Å². The Bertz CT molecular complexity index is 726. The van der Waals surface area contributed by atoms with Crippen LogP contribution in [0.25, 0.3) is 0 Å². The van der Waals surface area contributed by atoms with E-state index in [0.717, 1.165) is 77.3 Å². The summed E-state index contributed by atoms with van der Waals surface area (Å²) in [6.45, 7) is 16.3. The van der Waals surface area contributed by atoms with E-state index in [1.54, 1.807) is 0 Å². The average Bonchev–Trinajstić information content (AvgIpc) is 3.21. The zero-order chi connectivity index (χ0) is 22.2. The number of guanidine groups is 1. The molecule has 2 heterocycles. The highest BCUT2D eigenvalue weighted by Gasteiger charge is 2.25. The van der Waals surface area contributed by atoms with Crippen LogP contribution in [0, 0.1) is 17.6 Å². The van der Waals surface area contributed by atoms with Gasteiger partial charge in [-0.1, -0.05) is 13.8 Å². The number of likely N-dealkylation sites (N-methyl/N-ethyl adjacent to an activating group) is 1. The highest BCUT2D eigenvalue weighted by molar-refractivity contribution is 14.0. The van der Waals surface area contributed by atoms with Crippen molar-refractivity contribution >= 4 is 35.6 Å². The molecule has 6 nitrogen and oxygen atoms in total. The van der Waals surface area contributed by atoms with Crippen LogP contribution in [0.2, 0.25) is 0 Å². The lowest BCUT2D eigenvalue weighted by molar-refractivity contribution is 0.125. The minimum absolute atomic E-state index is 0. The first-order valence-electron chi connectivity index (χ1n) is 11.7. The van der Waals surface area contributed by atoms with Crippen molar-refractivity contribution in [1.29, 1.82) is 0 Å². The molecule has 32 heavy (non-hydrogen) atoms. The highest BCUT2D eigenvalue weighted by atomic mass is 127. The molecule has 1 aromatic rings. The van der Waals surface area contributed by atoms with Gasteiger partial charge in [0.25, 0.3) is 0 Å². The molecular formula is C23H39F2IN6. The summed E-state index contributed by atoms with van der Waals surface area (Å²) in [4.78, 5) is 11.8. The molecule has 0 spiro atoms. The van der Waals surface area contributed by atoms with Gasteiger partial charge in [-0.3, -0.25) is 4.99 Å². The number of rotatable bonds is 8. The number of piperazine rings is 1. The summed E-state index contributed by atoms with van der Waals surface area (Å²) in [6.07, 6.45) is 0.887. The molecule has 2 unspecified atom stereocenters. The predicted octanol–water partition coefficient (Wildman–Crippen LogP) is 2.99. The molecule has 2 N–H and O–H groups in total. The number of benzene rings is 1. The standard InChI is InChI=1S/C23H38F2N6.HI/c1-4-26-23(27-15-18(3)16-30-12-10-29(5-2)11-13-30)28-20-8-9-31(17-20)22-7-6-19(24)14-21(22)25;/h6-7,14,18,20H,4-5,8-13,15-17H2,1-3H3,(H2,26,27,28);1H. The third-order valence-electron chi connectivity index (χ3n) is 6.17. The topological polar surface area (TPSA) is 46.1 Å². The maximum Gasteiger partial charge on any atom is 0.191 e. The van der Waals surface area contributed by atoms with Crippen LogP contribution >= 0.6 is 24.0 Å². The molecule has 2 atom stereocenters. The summed E-state index contributed by atoms with van der Waals surface area (Å²) in [5.74, 6) is 0.251. The fourth-order valence-corrected chi connectivity index (χ4v) is 4.38. The molecule has 3 rings (SSSR count). The van der Waals surface area contributed by atoms with Gasteiger partial charge >= 0.3 is 0 Å². The third kappa shape index (κ3) is 7.98. The van der Waals surface area contributed by atoms with Crippen molar-refractivity contribution < 1.29 is 8.78 Å². The number of hydrogen-bond donors (Lipinski definition) is 2. The van der Waals surface area contributed by atoms with E-state index in [1.807, 2.05) is 4.90 Å². The van der Waals surface area contributed by atoms with Crippen molar-refractivity contribution in [3.8, 4) is 0 Å². The molecule has 1 aromatic carbocycles. The van der Waals surface area contributed by atoms with E-state index in [4.69, 9.17) is 4.99 Å². The number of hydrogen-bond acceptors (Lipinski definition) is 4. The molecule has 0 saturated carbocycles. The molecule has 0 radical (unpaired) electrons. The lowest BCUT2D eigenvalue weighted by Gasteiger charge is -2.35. The van der Waals surface area contributed by atoms with Crippen LogP contribution < -0.4 is 15.5 Å². The first kappa shape index (κ1) is 27.0. The van der Waals surface area contributed by atoms with E-state index in [0.29, 0.717) is 18.2 Å². The van der Waals surface area contributed by atoms with Gasteiger partial charge in [-0.15, -0.1) is 24.0 Å². The number of anilines is 1. The van der Waals surface area contributed by atoms with Gasteiger partial charge in [0, 0.05) is 71.0 Å². The van der Waals surface area contributed by atoms with E-state index < -0.39 is 11.6 Å². The Balaban J connectivity index is 0.00000363. The summed E-state index contributed by atoms with van der Waals surface area (Å²) in [5.41, 5.74) is 0.462. The molecular weight excluding hydrogens is 525 g/mol. The van der Waals surface area contributed by atoms with Crippen LogP contribution in [-0.2, 0) is 0 Å². The minimum Gasteiger partial charge on any atom is -0.367 e. The predicted molar refractivity (Wildman–Crippen MR) is 139 cm³/mol. The van der Waals surface area contributed by atoms with Crippen molar-refractivity contribution in [3.05, 3.63) is 29.8 Å². The first-order chi connectivity index (χ1) is 15.0. The molecule has 0 bridgehead atoms. The van der Waals surface area contributed by atoms with Crippen LogP contribution in [0.4, 0.5) is 14.5 Å². The fraction of sp³-hybridized carbons (Fsp3) is 0.696. The normalized spacial score (nSPS) is 21.3. The van der Waals surface area contributed by atoms with Crippen molar-refractivity contribution in [2.75, 3.05) is 70.3 Å². The Morgan fingerprint density at radius 1 is 1.12 bits per heavy atom. The van der Waals surface area contributed by atoms with Crippen LogP contribution in [0.5, 0.6) is 0 Å². The van der Waals surface area contributed by atoms with Crippen molar-refractivity contribution in [2.45, 2.75) is 33.2 Å². The molecule has 2 aliphatic rings. The fourth-order valence-electron chi connectivity index (χ4n) is 4.38. The molecule has 2 aliphatic heterocycles. The van der Waals surface area contributed by atoms with Crippen LogP contribution in [-0.4, -0.2) is 87.2 Å². The monoisotopic (exact) mass is 564 g/mol. The van der Waals surface area contributed by atoms with E-state index in [2.05, 4.69) is 41.2 Å². The van der Waals surface area contributed by atoms with E-state index in [-0.39, 0.29) is 30.0 Å². The first-order valence-corrected chi connectivity index (χ1v) is 11.7. The van der Waals surface area contributed by atoms with Gasteiger partial charge in [0.15, 0.2) is 5.96 Å². The number of aliphatic imine (C=N–C) groups is 1. The van der Waals surface area contributed by atoms with Gasteiger partial charge in [-0.05, 0) is 37.9 Å². The van der Waals surface area contributed by atoms with Gasteiger partial charge in [-0.25, -0.2) is 8.78 Å². The van der Waals surface area contributed by atoms with E-state index in [1.165, 1.54) is 12.1 Å². The van der Waals surface area contributed by atoms with Crippen molar-refractivity contribution in [1.82, 2.24) is 20.4 Å². The summed E-state index contributed by atoms with van der Waals surface area (Å²) in [5, 5.41) is 6.83. The molecule has 0 amide bonds. The summed E-state index contributed by atoms with van der Waals surface area (Å²) in [6, 6.07) is 3.97. The molecule has 2 saturated heterocycles. The molecule has 9 heteroatoms. The van der Waals surface area contributed by atoms with Gasteiger partial charge < -0.3 is 25.3 Å². The van der Waals surface area contributed by atoms with Crippen LogP contribution in [0.15, 0.2) is 23.2 Å². The summed E-state index contributed by atoms with van der Waals surface area (Å²) in [7, 11) is 0. The number of nitrogens with zero attached hydrogens (tertiary/aromatic N) is 4. The second-order valence-corrected chi connectivity index (χ2v) is 8.73. The zero-order valence-electron chi connectivity index (χ0n) is 19.6. The zero-order valence-corrected chi connectivity index (χ0v) is 21.9. The Kier molecular flexibility index (Phi) is 11.4. The SMILES string of the molecule is CCNC(=NCC(C)CN1CCN(CC)CC1)NC1CCN(c2ccc(F)cc2F)C1.I. The smallest absolute Gasteiger partial charge is 0.191 e. The summed E-state index contributed by atoms with van der Waals surface area (Å²) < 4.78 is 27.3. The maximum atomic E-state index is 14.1. The lowest BCUT2D eigenvalue weighted by atomic mass is 10.1. The maximum absolute atomic E-state index is 14.1. The van der Waals surface area contributed by atoms with Crippen molar-refractivity contribution in [2.24, 2.45) is 10.9 Å². The average molecular weight is 565 g/mol. The lowest BCUT2D eigenvalue weighted by Crippen LogP contribution is -2.47. The minimum atomic E-state index is -0.543. The van der Waals surface area contributed by atoms with Crippen LogP contribution in [0.3, 0.4) is 0 Å². The molecule has 182 valence electrons. The number of nitrogens with one attached hydrogen (secondary N) is 2. The Hall–Kier alpha value is -1.20. The van der Waals surface area contributed by atoms with Gasteiger partial charge in [-0.2, -0.15) is 0 Å². The van der Waals surface area contributed by atoms with Gasteiger partial charge in [0.05, 0.1) is 5.69 Å². The van der Waals surface area contributed by atoms with E-state index >= 15 is 0 Å². The largest absolute Gasteiger partial charge is 0.367 e. The Morgan fingerprint density at radius 2 is 1.84 bits per heavy atom.